The molecule has 0 saturated carbocycles. The third kappa shape index (κ3) is 3.30. The topological polar surface area (TPSA) is 93.5 Å². The Kier molecular flexibility index (Phi) is 4.85. The van der Waals surface area contributed by atoms with Crippen molar-refractivity contribution in [2.75, 3.05) is 19.8 Å². The van der Waals surface area contributed by atoms with E-state index in [0.717, 1.165) is 5.69 Å². The molecular formula is C15H23N3O4. The number of aliphatic carboxylic acids is 1. The van der Waals surface area contributed by atoms with Crippen LogP contribution < -0.4 is 5.32 Å². The second-order valence-electron chi connectivity index (χ2n) is 6.14. The summed E-state index contributed by atoms with van der Waals surface area (Å²) in [6, 6.07) is 0. The number of carbonyl (C=O) groups excluding carboxylic acids is 1. The van der Waals surface area contributed by atoms with E-state index in [-0.39, 0.29) is 18.4 Å². The number of rotatable bonds is 5. The smallest absolute Gasteiger partial charge is 0.311 e. The van der Waals surface area contributed by atoms with Gasteiger partial charge in [0.25, 0.3) is 5.91 Å². The van der Waals surface area contributed by atoms with E-state index < -0.39 is 11.4 Å². The van der Waals surface area contributed by atoms with Crippen molar-refractivity contribution in [1.82, 2.24) is 15.1 Å². The summed E-state index contributed by atoms with van der Waals surface area (Å²) in [6.45, 7) is 4.86. The second kappa shape index (κ2) is 6.48. The van der Waals surface area contributed by atoms with Gasteiger partial charge in [-0.3, -0.25) is 14.3 Å². The standard InChI is InChI=1S/C15H23N3O4/c1-10(2)12-11(8-18(3)17-12)13(19)16-9-15(14(20)21)4-6-22-7-5-15/h8,10H,4-7,9H2,1-3H3,(H,16,19)(H,20,21). The van der Waals surface area contributed by atoms with Crippen LogP contribution >= 0.6 is 0 Å². The zero-order chi connectivity index (χ0) is 16.3. The molecule has 0 unspecified atom stereocenters. The van der Waals surface area contributed by atoms with Crippen LogP contribution in [0, 0.1) is 5.41 Å². The van der Waals surface area contributed by atoms with Crippen LogP contribution in [0.1, 0.15) is 48.7 Å². The predicted octanol–water partition coefficient (Wildman–Crippen LogP) is 1.15. The number of carboxylic acids is 1. The number of nitrogens with one attached hydrogen (secondary N) is 1. The van der Waals surface area contributed by atoms with Crippen molar-refractivity contribution in [3.63, 3.8) is 0 Å². The fourth-order valence-electron chi connectivity index (χ4n) is 2.68. The van der Waals surface area contributed by atoms with Crippen LogP contribution in [-0.2, 0) is 16.6 Å². The highest BCUT2D eigenvalue weighted by Crippen LogP contribution is 2.30. The Hall–Kier alpha value is -1.89. The van der Waals surface area contributed by atoms with Crippen molar-refractivity contribution in [3.8, 4) is 0 Å². The Labute approximate surface area is 129 Å². The van der Waals surface area contributed by atoms with E-state index >= 15 is 0 Å². The van der Waals surface area contributed by atoms with E-state index in [2.05, 4.69) is 10.4 Å². The van der Waals surface area contributed by atoms with Crippen LogP contribution in [0.5, 0.6) is 0 Å². The molecule has 1 aromatic heterocycles. The molecule has 0 radical (unpaired) electrons. The molecule has 0 aliphatic carbocycles. The fourth-order valence-corrected chi connectivity index (χ4v) is 2.68. The van der Waals surface area contributed by atoms with Crippen molar-refractivity contribution < 1.29 is 19.4 Å². The third-order valence-electron chi connectivity index (χ3n) is 4.14. The summed E-state index contributed by atoms with van der Waals surface area (Å²) in [5.41, 5.74) is 0.287. The second-order valence-corrected chi connectivity index (χ2v) is 6.14. The van der Waals surface area contributed by atoms with Gasteiger partial charge in [0.05, 0.1) is 16.7 Å². The molecule has 7 nitrogen and oxygen atoms in total. The largest absolute Gasteiger partial charge is 0.481 e. The molecule has 2 rings (SSSR count). The Morgan fingerprint density at radius 1 is 1.45 bits per heavy atom. The lowest BCUT2D eigenvalue weighted by molar-refractivity contribution is -0.154. The van der Waals surface area contributed by atoms with Gasteiger partial charge in [-0.15, -0.1) is 0 Å². The summed E-state index contributed by atoms with van der Waals surface area (Å²) in [4.78, 5) is 24.0. The summed E-state index contributed by atoms with van der Waals surface area (Å²) in [5.74, 6) is -1.03. The molecule has 122 valence electrons. The summed E-state index contributed by atoms with van der Waals surface area (Å²) < 4.78 is 6.83. The molecule has 22 heavy (non-hydrogen) atoms. The van der Waals surface area contributed by atoms with E-state index in [0.29, 0.717) is 31.6 Å². The summed E-state index contributed by atoms with van der Waals surface area (Å²) in [6.07, 6.45) is 2.49. The van der Waals surface area contributed by atoms with Gasteiger partial charge >= 0.3 is 5.97 Å². The molecule has 1 aliphatic rings. The van der Waals surface area contributed by atoms with Crippen LogP contribution in [0.25, 0.3) is 0 Å². The monoisotopic (exact) mass is 309 g/mol. The molecule has 1 amide bonds. The van der Waals surface area contributed by atoms with E-state index in [9.17, 15) is 14.7 Å². The molecule has 2 heterocycles. The number of aryl methyl sites for hydroxylation is 1. The molecule has 1 aromatic rings. The average Bonchev–Trinajstić information content (AvgIpc) is 2.88. The molecule has 2 N–H and O–H groups in total. The molecule has 0 bridgehead atoms. The normalized spacial score (nSPS) is 17.5. The Morgan fingerprint density at radius 2 is 2.09 bits per heavy atom. The van der Waals surface area contributed by atoms with E-state index in [1.807, 2.05) is 13.8 Å². The number of hydrogen-bond acceptors (Lipinski definition) is 4. The molecule has 0 atom stereocenters. The van der Waals surface area contributed by atoms with Crippen molar-refractivity contribution in [2.24, 2.45) is 12.5 Å². The third-order valence-corrected chi connectivity index (χ3v) is 4.14. The lowest BCUT2D eigenvalue weighted by atomic mass is 9.80. The first kappa shape index (κ1) is 16.5. The van der Waals surface area contributed by atoms with Crippen molar-refractivity contribution >= 4 is 11.9 Å². The van der Waals surface area contributed by atoms with Gasteiger partial charge in [-0.05, 0) is 18.8 Å². The van der Waals surface area contributed by atoms with Crippen molar-refractivity contribution in [3.05, 3.63) is 17.5 Å². The average molecular weight is 309 g/mol. The van der Waals surface area contributed by atoms with Crippen LogP contribution in [0.15, 0.2) is 6.20 Å². The van der Waals surface area contributed by atoms with Gasteiger partial charge in [-0.25, -0.2) is 0 Å². The number of carboxylic acid groups (broad SMARTS) is 1. The molecule has 0 aromatic carbocycles. The van der Waals surface area contributed by atoms with Crippen LogP contribution in [0.4, 0.5) is 0 Å². The van der Waals surface area contributed by atoms with Gasteiger partial charge < -0.3 is 15.2 Å². The Bertz CT molecular complexity index is 559. The van der Waals surface area contributed by atoms with Gasteiger partial charge in [0.1, 0.15) is 0 Å². The lowest BCUT2D eigenvalue weighted by Gasteiger charge is -2.33. The zero-order valence-electron chi connectivity index (χ0n) is 13.3. The SMILES string of the molecule is CC(C)c1nn(C)cc1C(=O)NCC1(C(=O)O)CCOCC1. The minimum atomic E-state index is -0.936. The summed E-state index contributed by atoms with van der Waals surface area (Å²) in [5, 5.41) is 16.6. The highest BCUT2D eigenvalue weighted by atomic mass is 16.5. The minimum Gasteiger partial charge on any atom is -0.481 e. The highest BCUT2D eigenvalue weighted by Gasteiger charge is 2.40. The maximum Gasteiger partial charge on any atom is 0.311 e. The van der Waals surface area contributed by atoms with E-state index in [1.54, 1.807) is 17.9 Å². The van der Waals surface area contributed by atoms with Gasteiger partial charge in [-0.2, -0.15) is 5.10 Å². The van der Waals surface area contributed by atoms with Gasteiger partial charge in [0.2, 0.25) is 0 Å². The van der Waals surface area contributed by atoms with Crippen molar-refractivity contribution in [1.29, 1.82) is 0 Å². The quantitative estimate of drug-likeness (QED) is 0.851. The number of aromatic nitrogens is 2. The van der Waals surface area contributed by atoms with E-state index in [1.165, 1.54) is 0 Å². The molecular weight excluding hydrogens is 286 g/mol. The number of nitrogens with zero attached hydrogens (tertiary/aromatic N) is 2. The molecule has 1 saturated heterocycles. The summed E-state index contributed by atoms with van der Waals surface area (Å²) >= 11 is 0. The fraction of sp³-hybridized carbons (Fsp3) is 0.667. The van der Waals surface area contributed by atoms with Gasteiger partial charge in [0, 0.05) is 33.0 Å². The first-order valence-electron chi connectivity index (χ1n) is 7.48. The predicted molar refractivity (Wildman–Crippen MR) is 79.8 cm³/mol. The highest BCUT2D eigenvalue weighted by molar-refractivity contribution is 5.95. The Balaban J connectivity index is 2.10. The van der Waals surface area contributed by atoms with Crippen LogP contribution in [0.3, 0.4) is 0 Å². The van der Waals surface area contributed by atoms with Crippen LogP contribution in [0.2, 0.25) is 0 Å². The van der Waals surface area contributed by atoms with E-state index in [4.69, 9.17) is 4.74 Å². The summed E-state index contributed by atoms with van der Waals surface area (Å²) in [7, 11) is 1.76. The number of ether oxygens (including phenoxy) is 1. The minimum absolute atomic E-state index is 0.108. The number of amides is 1. The molecule has 1 aliphatic heterocycles. The molecule has 7 heteroatoms. The lowest BCUT2D eigenvalue weighted by Crippen LogP contribution is -2.46. The molecule has 1 fully saturated rings. The zero-order valence-corrected chi connectivity index (χ0v) is 13.3. The first-order chi connectivity index (χ1) is 10.4. The maximum atomic E-state index is 12.4. The number of hydrogen-bond donors (Lipinski definition) is 2. The van der Waals surface area contributed by atoms with Gasteiger partial charge in [0.15, 0.2) is 0 Å². The molecule has 0 spiro atoms. The number of carbonyl (C=O) groups is 2. The van der Waals surface area contributed by atoms with Crippen LogP contribution in [-0.4, -0.2) is 46.5 Å². The first-order valence-corrected chi connectivity index (χ1v) is 7.48. The van der Waals surface area contributed by atoms with Crippen molar-refractivity contribution in [2.45, 2.75) is 32.6 Å². The maximum absolute atomic E-state index is 12.4. The Morgan fingerprint density at radius 3 is 2.64 bits per heavy atom. The van der Waals surface area contributed by atoms with Gasteiger partial charge in [-0.1, -0.05) is 13.8 Å².